The molecule has 7 heteroatoms. The van der Waals surface area contributed by atoms with Gasteiger partial charge in [0.25, 0.3) is 5.91 Å². The van der Waals surface area contributed by atoms with Gasteiger partial charge >= 0.3 is 6.18 Å². The van der Waals surface area contributed by atoms with Crippen molar-refractivity contribution in [2.45, 2.75) is 18.8 Å². The lowest BCUT2D eigenvalue weighted by molar-refractivity contribution is -0.137. The Hall–Kier alpha value is -3.09. The summed E-state index contributed by atoms with van der Waals surface area (Å²) < 4.78 is 54.2. The van der Waals surface area contributed by atoms with Crippen LogP contribution in [0.25, 0.3) is 0 Å². The number of rotatable bonds is 2. The van der Waals surface area contributed by atoms with Crippen LogP contribution in [0.15, 0.2) is 66.9 Å². The molecule has 1 aliphatic rings. The molecule has 0 aliphatic carbocycles. The van der Waals surface area contributed by atoms with E-state index in [1.165, 1.54) is 24.3 Å². The van der Waals surface area contributed by atoms with E-state index in [4.69, 9.17) is 0 Å². The number of carbonyl (C=O) groups excluding carboxylic acids is 1. The van der Waals surface area contributed by atoms with E-state index in [2.05, 4.69) is 0 Å². The fourth-order valence-corrected chi connectivity index (χ4v) is 3.60. The fraction of sp³-hybridized carbons (Fsp3) is 0.190. The van der Waals surface area contributed by atoms with Crippen LogP contribution in [0.4, 0.5) is 17.6 Å². The van der Waals surface area contributed by atoms with E-state index in [1.54, 1.807) is 17.0 Å². The summed E-state index contributed by atoms with van der Waals surface area (Å²) in [4.78, 5) is 14.7. The highest BCUT2D eigenvalue weighted by molar-refractivity contribution is 5.95. The minimum absolute atomic E-state index is 0.161. The van der Waals surface area contributed by atoms with Crippen LogP contribution >= 0.6 is 0 Å². The van der Waals surface area contributed by atoms with Crippen LogP contribution in [0, 0.1) is 5.82 Å². The molecule has 1 aliphatic heterocycles. The zero-order valence-corrected chi connectivity index (χ0v) is 14.7. The first-order chi connectivity index (χ1) is 13.3. The maximum absolute atomic E-state index is 13.8. The van der Waals surface area contributed by atoms with E-state index in [-0.39, 0.29) is 5.56 Å². The van der Waals surface area contributed by atoms with Gasteiger partial charge in [-0.2, -0.15) is 13.2 Å². The summed E-state index contributed by atoms with van der Waals surface area (Å²) in [6.07, 6.45) is -2.57. The molecule has 0 saturated carbocycles. The van der Waals surface area contributed by atoms with E-state index >= 15 is 0 Å². The lowest BCUT2D eigenvalue weighted by Gasteiger charge is -2.37. The van der Waals surface area contributed by atoms with Crippen molar-refractivity contribution >= 4 is 5.91 Å². The van der Waals surface area contributed by atoms with Crippen molar-refractivity contribution in [2.24, 2.45) is 0 Å². The van der Waals surface area contributed by atoms with Crippen molar-refractivity contribution in [1.29, 1.82) is 0 Å². The van der Waals surface area contributed by atoms with Crippen LogP contribution in [0.2, 0.25) is 0 Å². The number of hydrogen-bond acceptors (Lipinski definition) is 1. The smallest absolute Gasteiger partial charge is 0.348 e. The molecular formula is C21H16F4N2O. The van der Waals surface area contributed by atoms with E-state index < -0.39 is 29.5 Å². The Balaban J connectivity index is 1.72. The van der Waals surface area contributed by atoms with Gasteiger partial charge in [0.1, 0.15) is 5.82 Å². The molecule has 0 spiro atoms. The first kappa shape index (κ1) is 18.3. The molecule has 0 N–H and O–H groups in total. The van der Waals surface area contributed by atoms with Crippen molar-refractivity contribution < 1.29 is 22.4 Å². The summed E-state index contributed by atoms with van der Waals surface area (Å²) in [5.74, 6) is -0.807. The third-order valence-electron chi connectivity index (χ3n) is 4.92. The molecule has 3 aromatic rings. The number of benzene rings is 2. The molecule has 1 atom stereocenters. The van der Waals surface area contributed by atoms with Crippen molar-refractivity contribution in [3.8, 4) is 0 Å². The topological polar surface area (TPSA) is 25.2 Å². The number of aromatic nitrogens is 1. The second-order valence-electron chi connectivity index (χ2n) is 6.66. The Morgan fingerprint density at radius 2 is 1.71 bits per heavy atom. The third-order valence-corrected chi connectivity index (χ3v) is 4.92. The zero-order chi connectivity index (χ0) is 19.9. The maximum Gasteiger partial charge on any atom is 0.416 e. The fourth-order valence-electron chi connectivity index (χ4n) is 3.60. The summed E-state index contributed by atoms with van der Waals surface area (Å²) in [6.45, 7) is 0.920. The molecular weight excluding hydrogens is 372 g/mol. The number of halogens is 4. The van der Waals surface area contributed by atoms with Crippen LogP contribution in [-0.2, 0) is 12.7 Å². The minimum atomic E-state index is -4.46. The molecule has 28 heavy (non-hydrogen) atoms. The largest absolute Gasteiger partial charge is 0.416 e. The number of amides is 1. The van der Waals surface area contributed by atoms with Crippen molar-refractivity contribution in [2.75, 3.05) is 6.54 Å². The predicted molar refractivity (Wildman–Crippen MR) is 95.2 cm³/mol. The Bertz CT molecular complexity index is 1010. The van der Waals surface area contributed by atoms with Crippen molar-refractivity contribution in [1.82, 2.24) is 9.47 Å². The predicted octanol–water partition coefficient (Wildman–Crippen LogP) is 4.89. The Kier molecular flexibility index (Phi) is 4.45. The van der Waals surface area contributed by atoms with Gasteiger partial charge in [0.2, 0.25) is 0 Å². The lowest BCUT2D eigenvalue weighted by Crippen LogP contribution is -2.42. The van der Waals surface area contributed by atoms with Crippen molar-refractivity contribution in [3.63, 3.8) is 0 Å². The van der Waals surface area contributed by atoms with Crippen LogP contribution in [0.5, 0.6) is 0 Å². The SMILES string of the molecule is O=C(c1ccc(C(F)(F)F)cc1)N1CCn2cccc2C1c1cccc(F)c1. The Morgan fingerprint density at radius 1 is 0.964 bits per heavy atom. The van der Waals surface area contributed by atoms with E-state index in [0.29, 0.717) is 18.7 Å². The molecule has 0 fully saturated rings. The van der Waals surface area contributed by atoms with Gasteiger partial charge < -0.3 is 9.47 Å². The number of carbonyl (C=O) groups is 1. The first-order valence-electron chi connectivity index (χ1n) is 8.73. The second kappa shape index (κ2) is 6.82. The molecule has 1 aromatic heterocycles. The summed E-state index contributed by atoms with van der Waals surface area (Å²) in [5.41, 5.74) is 0.796. The van der Waals surface area contributed by atoms with Crippen LogP contribution in [-0.4, -0.2) is 21.9 Å². The number of fused-ring (bicyclic) bond motifs is 1. The molecule has 0 bridgehead atoms. The van der Waals surface area contributed by atoms with Gasteiger partial charge in [0, 0.05) is 30.5 Å². The summed E-state index contributed by atoms with van der Waals surface area (Å²) in [7, 11) is 0. The first-order valence-corrected chi connectivity index (χ1v) is 8.73. The van der Waals surface area contributed by atoms with Gasteiger partial charge in [0.15, 0.2) is 0 Å². The standard InChI is InChI=1S/C21H16F4N2O/c22-17-4-1-3-15(13-17)19-18-5-2-10-26(18)11-12-27(19)20(28)14-6-8-16(9-7-14)21(23,24)25/h1-10,13,19H,11-12H2. The molecule has 1 unspecified atom stereocenters. The minimum Gasteiger partial charge on any atom is -0.348 e. The van der Waals surface area contributed by atoms with Gasteiger partial charge in [-0.15, -0.1) is 0 Å². The van der Waals surface area contributed by atoms with Gasteiger partial charge in [-0.25, -0.2) is 4.39 Å². The summed E-state index contributed by atoms with van der Waals surface area (Å²) in [5, 5.41) is 0. The Labute approximate surface area is 158 Å². The van der Waals surface area contributed by atoms with Crippen LogP contribution in [0.1, 0.15) is 33.2 Å². The van der Waals surface area contributed by atoms with E-state index in [9.17, 15) is 22.4 Å². The van der Waals surface area contributed by atoms with Gasteiger partial charge in [-0.3, -0.25) is 4.79 Å². The highest BCUT2D eigenvalue weighted by atomic mass is 19.4. The van der Waals surface area contributed by atoms with Crippen LogP contribution in [0.3, 0.4) is 0 Å². The summed E-state index contributed by atoms with van der Waals surface area (Å²) >= 11 is 0. The average molecular weight is 388 g/mol. The molecule has 3 nitrogen and oxygen atoms in total. The van der Waals surface area contributed by atoms with E-state index in [0.717, 1.165) is 17.8 Å². The van der Waals surface area contributed by atoms with Crippen LogP contribution < -0.4 is 0 Å². The molecule has 0 saturated heterocycles. The molecule has 0 radical (unpaired) electrons. The molecule has 1 amide bonds. The number of nitrogens with zero attached hydrogens (tertiary/aromatic N) is 2. The molecule has 144 valence electrons. The van der Waals surface area contributed by atoms with Gasteiger partial charge in [0.05, 0.1) is 11.6 Å². The summed E-state index contributed by atoms with van der Waals surface area (Å²) in [6, 6.07) is 13.4. The van der Waals surface area contributed by atoms with Gasteiger partial charge in [-0.05, 0) is 54.1 Å². The molecule has 4 rings (SSSR count). The number of alkyl halides is 3. The highest BCUT2D eigenvalue weighted by Crippen LogP contribution is 2.34. The third kappa shape index (κ3) is 3.28. The quantitative estimate of drug-likeness (QED) is 0.574. The Morgan fingerprint density at radius 3 is 2.39 bits per heavy atom. The lowest BCUT2D eigenvalue weighted by atomic mass is 9.98. The average Bonchev–Trinajstić information content (AvgIpc) is 3.15. The van der Waals surface area contributed by atoms with Crippen molar-refractivity contribution in [3.05, 3.63) is 95.1 Å². The highest BCUT2D eigenvalue weighted by Gasteiger charge is 2.34. The monoisotopic (exact) mass is 388 g/mol. The van der Waals surface area contributed by atoms with Gasteiger partial charge in [-0.1, -0.05) is 12.1 Å². The zero-order valence-electron chi connectivity index (χ0n) is 14.7. The maximum atomic E-state index is 13.8. The molecule has 2 aromatic carbocycles. The second-order valence-corrected chi connectivity index (χ2v) is 6.66. The molecule has 2 heterocycles. The number of hydrogen-bond donors (Lipinski definition) is 0. The van der Waals surface area contributed by atoms with E-state index in [1.807, 2.05) is 22.9 Å². The normalized spacial score (nSPS) is 16.7.